The highest BCUT2D eigenvalue weighted by molar-refractivity contribution is 6.19. The molecule has 4 heteroatoms. The van der Waals surface area contributed by atoms with Gasteiger partial charge in [0.15, 0.2) is 0 Å². The van der Waals surface area contributed by atoms with E-state index in [1.807, 2.05) is 18.2 Å². The average molecular weight is 262 g/mol. The third kappa shape index (κ3) is 2.03. The molecule has 1 aromatic heterocycles. The highest BCUT2D eigenvalue weighted by atomic mass is 35.5. The fraction of sp³-hybridized carbons (Fsp3) is 0.429. The van der Waals surface area contributed by atoms with Gasteiger partial charge in [-0.2, -0.15) is 10.2 Å². The van der Waals surface area contributed by atoms with Crippen molar-refractivity contribution in [2.45, 2.75) is 31.2 Å². The SMILES string of the molecule is ClCC1(Nc2cnnc3ccccc23)CCCC1. The Morgan fingerprint density at radius 1 is 1.22 bits per heavy atom. The van der Waals surface area contributed by atoms with E-state index in [9.17, 15) is 0 Å². The largest absolute Gasteiger partial charge is 0.377 e. The maximum Gasteiger partial charge on any atom is 0.0950 e. The van der Waals surface area contributed by atoms with Crippen LogP contribution in [0.4, 0.5) is 5.69 Å². The van der Waals surface area contributed by atoms with Crippen molar-refractivity contribution in [3.05, 3.63) is 30.5 Å². The molecular weight excluding hydrogens is 246 g/mol. The zero-order valence-corrected chi connectivity index (χ0v) is 11.0. The summed E-state index contributed by atoms with van der Waals surface area (Å²) in [5.41, 5.74) is 2.00. The van der Waals surface area contributed by atoms with E-state index in [0.717, 1.165) is 29.4 Å². The molecule has 18 heavy (non-hydrogen) atoms. The van der Waals surface area contributed by atoms with Gasteiger partial charge in [0.25, 0.3) is 0 Å². The van der Waals surface area contributed by atoms with Gasteiger partial charge in [-0.05, 0) is 18.9 Å². The first-order valence-corrected chi connectivity index (χ1v) is 6.91. The molecule has 0 bridgehead atoms. The van der Waals surface area contributed by atoms with Crippen molar-refractivity contribution in [1.82, 2.24) is 10.2 Å². The third-order valence-corrected chi connectivity index (χ3v) is 4.27. The summed E-state index contributed by atoms with van der Waals surface area (Å²) in [5, 5.41) is 12.9. The maximum absolute atomic E-state index is 6.17. The molecule has 94 valence electrons. The monoisotopic (exact) mass is 261 g/mol. The number of fused-ring (bicyclic) bond motifs is 1. The van der Waals surface area contributed by atoms with Crippen molar-refractivity contribution < 1.29 is 0 Å². The van der Waals surface area contributed by atoms with Crippen molar-refractivity contribution in [2.24, 2.45) is 0 Å². The molecule has 0 unspecified atom stereocenters. The molecule has 0 radical (unpaired) electrons. The second kappa shape index (κ2) is 4.73. The Kier molecular flexibility index (Phi) is 3.08. The van der Waals surface area contributed by atoms with Crippen LogP contribution in [0.3, 0.4) is 0 Å². The topological polar surface area (TPSA) is 37.8 Å². The lowest BCUT2D eigenvalue weighted by Gasteiger charge is -2.29. The molecule has 1 fully saturated rings. The predicted octanol–water partition coefficient (Wildman–Crippen LogP) is 3.59. The standard InChI is InChI=1S/C14H16ClN3/c15-10-14(7-3-4-8-14)17-13-9-16-18-12-6-2-1-5-11(12)13/h1-2,5-6,9H,3-4,7-8,10H2,(H,17,18). The molecule has 0 aliphatic heterocycles. The average Bonchev–Trinajstić information content (AvgIpc) is 2.88. The number of aromatic nitrogens is 2. The number of anilines is 1. The molecule has 0 saturated heterocycles. The van der Waals surface area contributed by atoms with E-state index in [-0.39, 0.29) is 5.54 Å². The number of rotatable bonds is 3. The molecule has 1 aliphatic carbocycles. The first kappa shape index (κ1) is 11.7. The van der Waals surface area contributed by atoms with E-state index < -0.39 is 0 Å². The van der Waals surface area contributed by atoms with Crippen molar-refractivity contribution in [2.75, 3.05) is 11.2 Å². The fourth-order valence-corrected chi connectivity index (χ4v) is 3.07. The molecule has 3 nitrogen and oxygen atoms in total. The van der Waals surface area contributed by atoms with E-state index in [2.05, 4.69) is 21.6 Å². The van der Waals surface area contributed by atoms with Crippen LogP contribution >= 0.6 is 11.6 Å². The van der Waals surface area contributed by atoms with Crippen LogP contribution in [0.2, 0.25) is 0 Å². The van der Waals surface area contributed by atoms with Gasteiger partial charge < -0.3 is 5.32 Å². The van der Waals surface area contributed by atoms with Gasteiger partial charge in [0.1, 0.15) is 0 Å². The number of halogens is 1. The minimum absolute atomic E-state index is 0.0351. The van der Waals surface area contributed by atoms with Crippen LogP contribution in [0.25, 0.3) is 10.9 Å². The Morgan fingerprint density at radius 3 is 2.78 bits per heavy atom. The van der Waals surface area contributed by atoms with Gasteiger partial charge in [-0.15, -0.1) is 11.6 Å². The minimum Gasteiger partial charge on any atom is -0.377 e. The molecule has 1 aromatic carbocycles. The van der Waals surface area contributed by atoms with Gasteiger partial charge in [-0.1, -0.05) is 31.0 Å². The number of nitrogens with zero attached hydrogens (tertiary/aromatic N) is 2. The normalized spacial score (nSPS) is 18.1. The number of nitrogens with one attached hydrogen (secondary N) is 1. The summed E-state index contributed by atoms with van der Waals surface area (Å²) in [4.78, 5) is 0. The van der Waals surface area contributed by atoms with Gasteiger partial charge in [-0.25, -0.2) is 0 Å². The summed E-state index contributed by atoms with van der Waals surface area (Å²) in [7, 11) is 0. The van der Waals surface area contributed by atoms with Crippen molar-refractivity contribution >= 4 is 28.2 Å². The van der Waals surface area contributed by atoms with E-state index in [1.165, 1.54) is 12.8 Å². The van der Waals surface area contributed by atoms with Crippen LogP contribution in [-0.4, -0.2) is 21.6 Å². The second-order valence-electron chi connectivity index (χ2n) is 5.02. The summed E-state index contributed by atoms with van der Waals surface area (Å²) >= 11 is 6.17. The van der Waals surface area contributed by atoms with Crippen molar-refractivity contribution in [1.29, 1.82) is 0 Å². The van der Waals surface area contributed by atoms with Crippen LogP contribution in [0.15, 0.2) is 30.5 Å². The van der Waals surface area contributed by atoms with E-state index in [1.54, 1.807) is 6.20 Å². The Morgan fingerprint density at radius 2 is 2.00 bits per heavy atom. The van der Waals surface area contributed by atoms with Crippen molar-refractivity contribution in [3.63, 3.8) is 0 Å². The highest BCUT2D eigenvalue weighted by Gasteiger charge is 2.33. The van der Waals surface area contributed by atoms with Crippen LogP contribution in [0.1, 0.15) is 25.7 Å². The van der Waals surface area contributed by atoms with Gasteiger partial charge in [0.05, 0.1) is 22.9 Å². The van der Waals surface area contributed by atoms with Crippen molar-refractivity contribution in [3.8, 4) is 0 Å². The molecule has 0 amide bonds. The van der Waals surface area contributed by atoms with Crippen LogP contribution in [0.5, 0.6) is 0 Å². The molecule has 1 heterocycles. The molecular formula is C14H16ClN3. The first-order valence-electron chi connectivity index (χ1n) is 6.38. The molecule has 1 aliphatic rings. The second-order valence-corrected chi connectivity index (χ2v) is 5.29. The van der Waals surface area contributed by atoms with Crippen LogP contribution in [-0.2, 0) is 0 Å². The lowest BCUT2D eigenvalue weighted by Crippen LogP contribution is -2.37. The number of hydrogen-bond donors (Lipinski definition) is 1. The number of benzene rings is 1. The van der Waals surface area contributed by atoms with Gasteiger partial charge in [-0.3, -0.25) is 0 Å². The molecule has 1 N–H and O–H groups in total. The molecule has 1 saturated carbocycles. The smallest absolute Gasteiger partial charge is 0.0950 e. The summed E-state index contributed by atoms with van der Waals surface area (Å²) in [6.45, 7) is 0. The Balaban J connectivity index is 1.99. The Bertz CT molecular complexity index is 544. The van der Waals surface area contributed by atoms with Gasteiger partial charge in [0, 0.05) is 11.3 Å². The quantitative estimate of drug-likeness (QED) is 0.858. The maximum atomic E-state index is 6.17. The highest BCUT2D eigenvalue weighted by Crippen LogP contribution is 2.35. The van der Waals surface area contributed by atoms with Crippen LogP contribution < -0.4 is 5.32 Å². The van der Waals surface area contributed by atoms with E-state index in [4.69, 9.17) is 11.6 Å². The molecule has 3 rings (SSSR count). The first-order chi connectivity index (χ1) is 8.83. The predicted molar refractivity (Wildman–Crippen MR) is 75.1 cm³/mol. The molecule has 0 atom stereocenters. The Hall–Kier alpha value is -1.35. The number of hydrogen-bond acceptors (Lipinski definition) is 3. The van der Waals surface area contributed by atoms with E-state index >= 15 is 0 Å². The summed E-state index contributed by atoms with van der Waals surface area (Å²) in [6.07, 6.45) is 6.56. The zero-order chi connectivity index (χ0) is 12.4. The van der Waals surface area contributed by atoms with E-state index in [0.29, 0.717) is 5.88 Å². The fourth-order valence-electron chi connectivity index (χ4n) is 2.74. The minimum atomic E-state index is 0.0351. The molecule has 0 spiro atoms. The number of alkyl halides is 1. The summed E-state index contributed by atoms with van der Waals surface area (Å²) in [6, 6.07) is 8.06. The Labute approximate surface area is 112 Å². The third-order valence-electron chi connectivity index (χ3n) is 3.76. The van der Waals surface area contributed by atoms with Crippen LogP contribution in [0, 0.1) is 0 Å². The summed E-state index contributed by atoms with van der Waals surface area (Å²) in [5.74, 6) is 0.643. The lowest BCUT2D eigenvalue weighted by molar-refractivity contribution is 0.540. The summed E-state index contributed by atoms with van der Waals surface area (Å²) < 4.78 is 0. The van der Waals surface area contributed by atoms with Gasteiger partial charge >= 0.3 is 0 Å². The molecule has 2 aromatic rings. The lowest BCUT2D eigenvalue weighted by atomic mass is 9.99. The zero-order valence-electron chi connectivity index (χ0n) is 10.2. The van der Waals surface area contributed by atoms with Gasteiger partial charge in [0.2, 0.25) is 0 Å².